The third kappa shape index (κ3) is 6.78. The van der Waals surface area contributed by atoms with Crippen LogP contribution in [0.1, 0.15) is 17.5 Å². The topological polar surface area (TPSA) is 66.5 Å². The first-order valence-electron chi connectivity index (χ1n) is 8.35. The molecule has 0 fully saturated rings. The van der Waals surface area contributed by atoms with Crippen LogP contribution in [-0.4, -0.2) is 38.0 Å². The molecule has 2 rings (SSSR count). The van der Waals surface area contributed by atoms with E-state index in [1.54, 1.807) is 18.2 Å². The average Bonchev–Trinajstić information content (AvgIpc) is 2.61. The Morgan fingerprint density at radius 1 is 1.08 bits per heavy atom. The normalized spacial score (nSPS) is 11.5. The van der Waals surface area contributed by atoms with E-state index in [4.69, 9.17) is 11.6 Å². The summed E-state index contributed by atoms with van der Waals surface area (Å²) in [5.74, 6) is -0.0972. The van der Waals surface area contributed by atoms with E-state index < -0.39 is 10.0 Å². The van der Waals surface area contributed by atoms with Crippen LogP contribution in [0.4, 0.5) is 0 Å². The maximum absolute atomic E-state index is 12.0. The highest BCUT2D eigenvalue weighted by atomic mass is 35.5. The molecule has 0 aliphatic heterocycles. The summed E-state index contributed by atoms with van der Waals surface area (Å²) in [6.07, 6.45) is 2.18. The maximum atomic E-state index is 12.0. The van der Waals surface area contributed by atoms with E-state index in [9.17, 15) is 13.2 Å². The molecule has 0 unspecified atom stereocenters. The van der Waals surface area contributed by atoms with E-state index in [1.165, 1.54) is 4.31 Å². The number of nitrogens with zero attached hydrogens (tertiary/aromatic N) is 1. The monoisotopic (exact) mass is 394 g/mol. The highest BCUT2D eigenvalue weighted by Gasteiger charge is 2.18. The number of aryl methyl sites for hydroxylation is 1. The fraction of sp³-hybridized carbons (Fsp3) is 0.316. The molecule has 0 atom stereocenters. The van der Waals surface area contributed by atoms with Crippen molar-refractivity contribution in [2.75, 3.05) is 19.3 Å². The van der Waals surface area contributed by atoms with Gasteiger partial charge in [0, 0.05) is 31.1 Å². The van der Waals surface area contributed by atoms with Crippen molar-refractivity contribution < 1.29 is 13.2 Å². The van der Waals surface area contributed by atoms with Gasteiger partial charge in [-0.15, -0.1) is 0 Å². The Hall–Kier alpha value is -1.89. The molecule has 1 amide bonds. The summed E-state index contributed by atoms with van der Waals surface area (Å²) in [7, 11) is -3.41. The summed E-state index contributed by atoms with van der Waals surface area (Å²) in [5.41, 5.74) is 1.83. The van der Waals surface area contributed by atoms with Crippen LogP contribution in [0.25, 0.3) is 0 Å². The summed E-state index contributed by atoms with van der Waals surface area (Å²) in [6, 6.07) is 16.9. The zero-order valence-electron chi connectivity index (χ0n) is 14.7. The zero-order valence-corrected chi connectivity index (χ0v) is 16.3. The molecule has 7 heteroatoms. The van der Waals surface area contributed by atoms with Crippen LogP contribution in [0, 0.1) is 0 Å². The lowest BCUT2D eigenvalue weighted by Gasteiger charge is -2.20. The Kier molecular flexibility index (Phi) is 7.63. The average molecular weight is 395 g/mol. The molecule has 5 nitrogen and oxygen atoms in total. The Labute approximate surface area is 160 Å². The number of carbonyl (C=O) groups excluding carboxylic acids is 1. The molecule has 0 bridgehead atoms. The SMILES string of the molecule is CS(=O)(=O)N(CCNC(=O)CCc1ccccc1)Cc1ccccc1Cl. The molecule has 140 valence electrons. The predicted molar refractivity (Wildman–Crippen MR) is 104 cm³/mol. The van der Waals surface area contributed by atoms with Gasteiger partial charge in [-0.25, -0.2) is 8.42 Å². The molecule has 0 saturated heterocycles. The Balaban J connectivity index is 1.84. The van der Waals surface area contributed by atoms with Gasteiger partial charge < -0.3 is 5.32 Å². The van der Waals surface area contributed by atoms with Crippen LogP contribution in [0.2, 0.25) is 5.02 Å². The Bertz CT molecular complexity index is 826. The van der Waals surface area contributed by atoms with Crippen molar-refractivity contribution in [3.05, 3.63) is 70.7 Å². The van der Waals surface area contributed by atoms with Gasteiger partial charge in [-0.2, -0.15) is 4.31 Å². The minimum atomic E-state index is -3.41. The number of rotatable bonds is 9. The fourth-order valence-corrected chi connectivity index (χ4v) is 3.48. The van der Waals surface area contributed by atoms with Crippen molar-refractivity contribution in [2.24, 2.45) is 0 Å². The number of carbonyl (C=O) groups is 1. The minimum absolute atomic E-state index is 0.0972. The maximum Gasteiger partial charge on any atom is 0.220 e. The van der Waals surface area contributed by atoms with Gasteiger partial charge in [-0.3, -0.25) is 4.79 Å². The molecule has 0 aromatic heterocycles. The molecule has 0 aliphatic carbocycles. The molecule has 0 saturated carbocycles. The van der Waals surface area contributed by atoms with Crippen molar-refractivity contribution in [3.63, 3.8) is 0 Å². The second-order valence-corrected chi connectivity index (χ2v) is 8.41. The van der Waals surface area contributed by atoms with Gasteiger partial charge in [0.1, 0.15) is 0 Å². The zero-order chi connectivity index (χ0) is 19.0. The first kappa shape index (κ1) is 20.4. The van der Waals surface area contributed by atoms with Gasteiger partial charge in [0.15, 0.2) is 0 Å². The van der Waals surface area contributed by atoms with Gasteiger partial charge >= 0.3 is 0 Å². The smallest absolute Gasteiger partial charge is 0.220 e. The van der Waals surface area contributed by atoms with Crippen LogP contribution in [0.3, 0.4) is 0 Å². The first-order chi connectivity index (χ1) is 12.4. The number of benzene rings is 2. The molecule has 26 heavy (non-hydrogen) atoms. The summed E-state index contributed by atoms with van der Waals surface area (Å²) in [4.78, 5) is 12.0. The van der Waals surface area contributed by atoms with Gasteiger partial charge in [-0.05, 0) is 23.6 Å². The molecule has 0 heterocycles. The van der Waals surface area contributed by atoms with Crippen LogP contribution in [0.5, 0.6) is 0 Å². The van der Waals surface area contributed by atoms with Crippen LogP contribution < -0.4 is 5.32 Å². The number of amides is 1. The van der Waals surface area contributed by atoms with E-state index in [0.717, 1.165) is 17.4 Å². The highest BCUT2D eigenvalue weighted by molar-refractivity contribution is 7.88. The number of halogens is 1. The number of hydrogen-bond acceptors (Lipinski definition) is 3. The summed E-state index contributed by atoms with van der Waals surface area (Å²) in [6.45, 7) is 0.630. The number of hydrogen-bond donors (Lipinski definition) is 1. The van der Waals surface area contributed by atoms with Crippen molar-refractivity contribution in [1.29, 1.82) is 0 Å². The molecule has 0 spiro atoms. The van der Waals surface area contributed by atoms with Crippen molar-refractivity contribution in [1.82, 2.24) is 9.62 Å². The van der Waals surface area contributed by atoms with Gasteiger partial charge in [-0.1, -0.05) is 60.1 Å². The summed E-state index contributed by atoms with van der Waals surface area (Å²) < 4.78 is 25.3. The van der Waals surface area contributed by atoms with Gasteiger partial charge in [0.25, 0.3) is 0 Å². The predicted octanol–water partition coefficient (Wildman–Crippen LogP) is 2.85. The lowest BCUT2D eigenvalue weighted by molar-refractivity contribution is -0.121. The van der Waals surface area contributed by atoms with E-state index >= 15 is 0 Å². The van der Waals surface area contributed by atoms with E-state index in [1.807, 2.05) is 36.4 Å². The third-order valence-electron chi connectivity index (χ3n) is 3.94. The Morgan fingerprint density at radius 2 is 1.73 bits per heavy atom. The van der Waals surface area contributed by atoms with Gasteiger partial charge in [0.05, 0.1) is 6.26 Å². The minimum Gasteiger partial charge on any atom is -0.355 e. The largest absolute Gasteiger partial charge is 0.355 e. The third-order valence-corrected chi connectivity index (χ3v) is 5.56. The second-order valence-electron chi connectivity index (χ2n) is 6.02. The standard InChI is InChI=1S/C19H23ClN2O3S/c1-26(24,25)22(15-17-9-5-6-10-18(17)20)14-13-21-19(23)12-11-16-7-3-2-4-8-16/h2-10H,11-15H2,1H3,(H,21,23). The van der Waals surface area contributed by atoms with Crippen LogP contribution >= 0.6 is 11.6 Å². The summed E-state index contributed by atoms with van der Waals surface area (Å²) in [5, 5.41) is 3.30. The molecule has 0 radical (unpaired) electrons. The van der Waals surface area contributed by atoms with E-state index in [2.05, 4.69) is 5.32 Å². The molecular weight excluding hydrogens is 372 g/mol. The van der Waals surface area contributed by atoms with Crippen molar-refractivity contribution in [3.8, 4) is 0 Å². The molecule has 2 aromatic carbocycles. The lowest BCUT2D eigenvalue weighted by atomic mass is 10.1. The highest BCUT2D eigenvalue weighted by Crippen LogP contribution is 2.18. The molecule has 0 aliphatic rings. The molecule has 1 N–H and O–H groups in total. The fourth-order valence-electron chi connectivity index (χ4n) is 2.49. The lowest BCUT2D eigenvalue weighted by Crippen LogP contribution is -2.37. The van der Waals surface area contributed by atoms with Crippen molar-refractivity contribution >= 4 is 27.5 Å². The first-order valence-corrected chi connectivity index (χ1v) is 10.6. The van der Waals surface area contributed by atoms with Crippen LogP contribution in [0.15, 0.2) is 54.6 Å². The number of nitrogens with one attached hydrogen (secondary N) is 1. The molecular formula is C19H23ClN2O3S. The summed E-state index contributed by atoms with van der Waals surface area (Å²) >= 11 is 6.11. The second kappa shape index (κ2) is 9.71. The van der Waals surface area contributed by atoms with Crippen LogP contribution in [-0.2, 0) is 27.8 Å². The van der Waals surface area contributed by atoms with Crippen molar-refractivity contribution in [2.45, 2.75) is 19.4 Å². The quantitative estimate of drug-likeness (QED) is 0.711. The van der Waals surface area contributed by atoms with E-state index in [-0.39, 0.29) is 25.5 Å². The Morgan fingerprint density at radius 3 is 2.38 bits per heavy atom. The van der Waals surface area contributed by atoms with E-state index in [0.29, 0.717) is 17.9 Å². The van der Waals surface area contributed by atoms with Gasteiger partial charge in [0.2, 0.25) is 15.9 Å². The number of sulfonamides is 1. The molecule has 2 aromatic rings.